The summed E-state index contributed by atoms with van der Waals surface area (Å²) < 4.78 is 0. The molecule has 0 saturated heterocycles. The predicted octanol–water partition coefficient (Wildman–Crippen LogP) is 3.16. The van der Waals surface area contributed by atoms with Gasteiger partial charge < -0.3 is 5.73 Å². The number of nitrogens with two attached hydrogens (primary N) is 1. The van der Waals surface area contributed by atoms with Gasteiger partial charge in [0.05, 0.1) is 5.69 Å². The molecule has 1 amide bonds. The van der Waals surface area contributed by atoms with Gasteiger partial charge in [0.25, 0.3) is 5.91 Å². The van der Waals surface area contributed by atoms with Crippen LogP contribution in [0.3, 0.4) is 0 Å². The molecule has 1 aromatic carbocycles. The van der Waals surface area contributed by atoms with Crippen LogP contribution >= 0.6 is 0 Å². The van der Waals surface area contributed by atoms with Crippen LogP contribution in [-0.4, -0.2) is 10.9 Å². The van der Waals surface area contributed by atoms with Gasteiger partial charge in [0.1, 0.15) is 5.69 Å². The number of aryl methyl sites for hydroxylation is 1. The Morgan fingerprint density at radius 1 is 1.33 bits per heavy atom. The van der Waals surface area contributed by atoms with Crippen LogP contribution < -0.4 is 5.73 Å². The number of carbonyl (C=O) groups excluding carboxylic acids is 1. The van der Waals surface area contributed by atoms with Crippen molar-refractivity contribution in [3.63, 3.8) is 0 Å². The first-order chi connectivity index (χ1) is 8.56. The standard InChI is InChI=1S/C15H18N2O/c1-4-9(2)13-12-8-6-5-7-11(12)10(3)14(17-13)15(16)18/h5-9H,4H2,1-3H3,(H2,16,18). The van der Waals surface area contributed by atoms with E-state index in [0.717, 1.165) is 28.5 Å². The van der Waals surface area contributed by atoms with E-state index in [9.17, 15) is 4.79 Å². The zero-order chi connectivity index (χ0) is 13.3. The number of carbonyl (C=O) groups is 1. The van der Waals surface area contributed by atoms with Crippen molar-refractivity contribution in [3.05, 3.63) is 41.2 Å². The van der Waals surface area contributed by atoms with E-state index < -0.39 is 5.91 Å². The fraction of sp³-hybridized carbons (Fsp3) is 0.333. The van der Waals surface area contributed by atoms with E-state index in [1.165, 1.54) is 0 Å². The highest BCUT2D eigenvalue weighted by molar-refractivity contribution is 5.99. The molecular weight excluding hydrogens is 224 g/mol. The SMILES string of the molecule is CCC(C)c1nc(C(N)=O)c(C)c2ccccc12. The Morgan fingerprint density at radius 3 is 2.50 bits per heavy atom. The third-order valence-electron chi connectivity index (χ3n) is 3.51. The normalized spacial score (nSPS) is 12.6. The zero-order valence-corrected chi connectivity index (χ0v) is 11.0. The van der Waals surface area contributed by atoms with Gasteiger partial charge in [-0.1, -0.05) is 38.1 Å². The summed E-state index contributed by atoms with van der Waals surface area (Å²) in [6, 6.07) is 8.05. The molecule has 0 bridgehead atoms. The molecular formula is C15H18N2O. The molecule has 0 radical (unpaired) electrons. The van der Waals surface area contributed by atoms with Gasteiger partial charge in [0.2, 0.25) is 0 Å². The number of rotatable bonds is 3. The molecule has 0 aliphatic rings. The molecule has 3 nitrogen and oxygen atoms in total. The lowest BCUT2D eigenvalue weighted by Gasteiger charge is -2.15. The van der Waals surface area contributed by atoms with E-state index in [2.05, 4.69) is 24.9 Å². The Bertz CT molecular complexity index is 605. The van der Waals surface area contributed by atoms with Crippen LogP contribution in [0.1, 0.15) is 47.9 Å². The molecule has 3 heteroatoms. The second kappa shape index (κ2) is 4.77. The van der Waals surface area contributed by atoms with Gasteiger partial charge in [0.15, 0.2) is 0 Å². The van der Waals surface area contributed by atoms with Crippen LogP contribution in [0.2, 0.25) is 0 Å². The quantitative estimate of drug-likeness (QED) is 0.898. The van der Waals surface area contributed by atoms with Crippen molar-refractivity contribution in [3.8, 4) is 0 Å². The number of hydrogen-bond donors (Lipinski definition) is 1. The summed E-state index contributed by atoms with van der Waals surface area (Å²) in [7, 11) is 0. The van der Waals surface area contributed by atoms with Crippen molar-refractivity contribution in [1.82, 2.24) is 4.98 Å². The van der Waals surface area contributed by atoms with E-state index in [1.807, 2.05) is 25.1 Å². The van der Waals surface area contributed by atoms with Crippen molar-refractivity contribution in [1.29, 1.82) is 0 Å². The first-order valence-corrected chi connectivity index (χ1v) is 6.25. The van der Waals surface area contributed by atoms with Crippen LogP contribution in [0, 0.1) is 6.92 Å². The fourth-order valence-electron chi connectivity index (χ4n) is 2.23. The van der Waals surface area contributed by atoms with E-state index in [1.54, 1.807) is 0 Å². The lowest BCUT2D eigenvalue weighted by atomic mass is 9.95. The Morgan fingerprint density at radius 2 is 1.94 bits per heavy atom. The molecule has 0 aliphatic carbocycles. The van der Waals surface area contributed by atoms with E-state index in [4.69, 9.17) is 5.73 Å². The molecule has 0 saturated carbocycles. The molecule has 18 heavy (non-hydrogen) atoms. The van der Waals surface area contributed by atoms with Crippen LogP contribution in [0.25, 0.3) is 10.8 Å². The van der Waals surface area contributed by atoms with Crippen molar-refractivity contribution in [2.75, 3.05) is 0 Å². The topological polar surface area (TPSA) is 56.0 Å². The van der Waals surface area contributed by atoms with E-state index >= 15 is 0 Å². The highest BCUT2D eigenvalue weighted by atomic mass is 16.1. The molecule has 0 spiro atoms. The molecule has 1 aromatic heterocycles. The predicted molar refractivity (Wildman–Crippen MR) is 73.7 cm³/mol. The number of pyridine rings is 1. The third-order valence-corrected chi connectivity index (χ3v) is 3.51. The molecule has 1 atom stereocenters. The maximum absolute atomic E-state index is 11.5. The number of fused-ring (bicyclic) bond motifs is 1. The Kier molecular flexibility index (Phi) is 3.32. The maximum Gasteiger partial charge on any atom is 0.267 e. The smallest absolute Gasteiger partial charge is 0.267 e. The molecule has 2 rings (SSSR count). The van der Waals surface area contributed by atoms with Crippen LogP contribution in [0.15, 0.2) is 24.3 Å². The first kappa shape index (κ1) is 12.6. The Labute approximate surface area is 107 Å². The summed E-state index contributed by atoms with van der Waals surface area (Å²) in [5, 5.41) is 2.19. The van der Waals surface area contributed by atoms with Gasteiger partial charge >= 0.3 is 0 Å². The van der Waals surface area contributed by atoms with Crippen molar-refractivity contribution in [2.45, 2.75) is 33.1 Å². The largest absolute Gasteiger partial charge is 0.364 e. The fourth-order valence-corrected chi connectivity index (χ4v) is 2.23. The average molecular weight is 242 g/mol. The molecule has 2 N–H and O–H groups in total. The van der Waals surface area contributed by atoms with Crippen molar-refractivity contribution < 1.29 is 4.79 Å². The molecule has 1 unspecified atom stereocenters. The molecule has 0 aliphatic heterocycles. The van der Waals surface area contributed by atoms with Crippen molar-refractivity contribution in [2.24, 2.45) is 5.73 Å². The van der Waals surface area contributed by atoms with Gasteiger partial charge in [-0.15, -0.1) is 0 Å². The number of aromatic nitrogens is 1. The van der Waals surface area contributed by atoms with Gasteiger partial charge in [-0.2, -0.15) is 0 Å². The Hall–Kier alpha value is -1.90. The first-order valence-electron chi connectivity index (χ1n) is 6.25. The number of amides is 1. The molecule has 0 fully saturated rings. The number of hydrogen-bond acceptors (Lipinski definition) is 2. The summed E-state index contributed by atoms with van der Waals surface area (Å²) in [5.41, 5.74) is 7.64. The molecule has 94 valence electrons. The molecule has 1 heterocycles. The van der Waals surface area contributed by atoms with Crippen molar-refractivity contribution >= 4 is 16.7 Å². The summed E-state index contributed by atoms with van der Waals surface area (Å²) in [5.74, 6) is -0.142. The average Bonchev–Trinajstić information content (AvgIpc) is 2.38. The van der Waals surface area contributed by atoms with Crippen LogP contribution in [0.4, 0.5) is 0 Å². The Balaban J connectivity index is 2.84. The number of primary amides is 1. The summed E-state index contributed by atoms with van der Waals surface area (Å²) >= 11 is 0. The minimum Gasteiger partial charge on any atom is -0.364 e. The summed E-state index contributed by atoms with van der Waals surface area (Å²) in [6.45, 7) is 6.13. The van der Waals surface area contributed by atoms with Gasteiger partial charge in [-0.3, -0.25) is 4.79 Å². The van der Waals surface area contributed by atoms with Gasteiger partial charge in [-0.05, 0) is 30.2 Å². The van der Waals surface area contributed by atoms with E-state index in [-0.39, 0.29) is 0 Å². The number of nitrogens with zero attached hydrogens (tertiary/aromatic N) is 1. The third kappa shape index (κ3) is 1.96. The monoisotopic (exact) mass is 242 g/mol. The lowest BCUT2D eigenvalue weighted by Crippen LogP contribution is -2.17. The van der Waals surface area contributed by atoms with Crippen LogP contribution in [0.5, 0.6) is 0 Å². The highest BCUT2D eigenvalue weighted by Crippen LogP contribution is 2.29. The molecule has 2 aromatic rings. The zero-order valence-electron chi connectivity index (χ0n) is 11.0. The maximum atomic E-state index is 11.5. The highest BCUT2D eigenvalue weighted by Gasteiger charge is 2.16. The second-order valence-corrected chi connectivity index (χ2v) is 4.69. The summed E-state index contributed by atoms with van der Waals surface area (Å²) in [6.07, 6.45) is 0.984. The summed E-state index contributed by atoms with van der Waals surface area (Å²) in [4.78, 5) is 16.0. The lowest BCUT2D eigenvalue weighted by molar-refractivity contribution is 0.0995. The van der Waals surface area contributed by atoms with Crippen LogP contribution in [-0.2, 0) is 0 Å². The van der Waals surface area contributed by atoms with Gasteiger partial charge in [0, 0.05) is 5.39 Å². The van der Waals surface area contributed by atoms with Gasteiger partial charge in [-0.25, -0.2) is 4.98 Å². The minimum atomic E-state index is -0.456. The van der Waals surface area contributed by atoms with E-state index in [0.29, 0.717) is 11.6 Å². The number of benzene rings is 1. The second-order valence-electron chi connectivity index (χ2n) is 4.69. The minimum absolute atomic E-state index is 0.314.